The Morgan fingerprint density at radius 1 is 1.26 bits per heavy atom. The predicted molar refractivity (Wildman–Crippen MR) is 74.9 cm³/mol. The topological polar surface area (TPSA) is 66.7 Å². The van der Waals surface area contributed by atoms with Crippen LogP contribution in [0.3, 0.4) is 0 Å². The molecule has 1 heterocycles. The third-order valence-corrected chi connectivity index (χ3v) is 2.97. The number of nitrogens with zero attached hydrogens (tertiary/aromatic N) is 1. The van der Waals surface area contributed by atoms with E-state index in [1.807, 2.05) is 19.1 Å². The van der Waals surface area contributed by atoms with Crippen molar-refractivity contribution >= 4 is 28.4 Å². The van der Waals surface area contributed by atoms with Crippen molar-refractivity contribution in [2.24, 2.45) is 0 Å². The van der Waals surface area contributed by atoms with Crippen LogP contribution in [-0.4, -0.2) is 9.97 Å². The summed E-state index contributed by atoms with van der Waals surface area (Å²) in [7, 11) is 0. The van der Waals surface area contributed by atoms with Crippen molar-refractivity contribution in [3.63, 3.8) is 0 Å². The molecule has 19 heavy (non-hydrogen) atoms. The van der Waals surface area contributed by atoms with Gasteiger partial charge in [0.25, 0.3) is 0 Å². The van der Waals surface area contributed by atoms with E-state index in [0.29, 0.717) is 17.3 Å². The number of nitrogen functional groups attached to an aromatic ring is 1. The van der Waals surface area contributed by atoms with Gasteiger partial charge < -0.3 is 16.0 Å². The van der Waals surface area contributed by atoms with Crippen LogP contribution in [0.1, 0.15) is 5.56 Å². The first kappa shape index (κ1) is 11.5. The molecule has 0 atom stereocenters. The summed E-state index contributed by atoms with van der Waals surface area (Å²) in [6, 6.07) is 10.3. The van der Waals surface area contributed by atoms with Gasteiger partial charge in [-0.25, -0.2) is 9.37 Å². The fourth-order valence-corrected chi connectivity index (χ4v) is 2.00. The Balaban J connectivity index is 2.01. The second kappa shape index (κ2) is 4.28. The van der Waals surface area contributed by atoms with Crippen LogP contribution in [0, 0.1) is 12.7 Å². The molecule has 0 aliphatic carbocycles. The summed E-state index contributed by atoms with van der Waals surface area (Å²) < 4.78 is 13.7. The Kier molecular flexibility index (Phi) is 2.59. The number of hydrogen-bond donors (Lipinski definition) is 3. The molecule has 0 aliphatic heterocycles. The highest BCUT2D eigenvalue weighted by molar-refractivity contribution is 5.81. The molecule has 3 rings (SSSR count). The second-order valence-electron chi connectivity index (χ2n) is 4.42. The molecule has 1 aromatic heterocycles. The number of hydrogen-bond acceptors (Lipinski definition) is 3. The number of imidazole rings is 1. The summed E-state index contributed by atoms with van der Waals surface area (Å²) in [5.74, 6) is 0.189. The van der Waals surface area contributed by atoms with Crippen molar-refractivity contribution in [1.29, 1.82) is 0 Å². The molecule has 0 bridgehead atoms. The van der Waals surface area contributed by atoms with Crippen LogP contribution in [0.25, 0.3) is 11.0 Å². The monoisotopic (exact) mass is 256 g/mol. The van der Waals surface area contributed by atoms with Crippen LogP contribution < -0.4 is 11.1 Å². The van der Waals surface area contributed by atoms with Crippen molar-refractivity contribution in [2.45, 2.75) is 6.92 Å². The van der Waals surface area contributed by atoms with Crippen LogP contribution >= 0.6 is 0 Å². The summed E-state index contributed by atoms with van der Waals surface area (Å²) in [6.45, 7) is 1.84. The summed E-state index contributed by atoms with van der Waals surface area (Å²) in [5, 5.41) is 2.97. The molecule has 0 saturated heterocycles. The normalized spacial score (nSPS) is 10.8. The molecule has 3 aromatic rings. The maximum Gasteiger partial charge on any atom is 0.205 e. The molecule has 96 valence electrons. The molecule has 0 fully saturated rings. The Labute approximate surface area is 109 Å². The Hall–Kier alpha value is -2.56. The van der Waals surface area contributed by atoms with E-state index >= 15 is 0 Å². The van der Waals surface area contributed by atoms with E-state index in [1.165, 1.54) is 6.07 Å². The molecule has 0 spiro atoms. The summed E-state index contributed by atoms with van der Waals surface area (Å²) in [6.07, 6.45) is 0. The van der Waals surface area contributed by atoms with Gasteiger partial charge in [-0.05, 0) is 36.8 Å². The van der Waals surface area contributed by atoms with Crippen molar-refractivity contribution in [3.05, 3.63) is 47.8 Å². The van der Waals surface area contributed by atoms with Crippen LogP contribution in [0.15, 0.2) is 36.4 Å². The minimum absolute atomic E-state index is 0.306. The van der Waals surface area contributed by atoms with E-state index in [1.54, 1.807) is 18.2 Å². The minimum atomic E-state index is -0.306. The molecule has 5 heteroatoms. The Morgan fingerprint density at radius 3 is 2.89 bits per heavy atom. The van der Waals surface area contributed by atoms with Gasteiger partial charge in [-0.1, -0.05) is 12.1 Å². The number of aromatic amines is 1. The molecule has 0 aliphatic rings. The number of nitrogens with two attached hydrogens (primary N) is 1. The Morgan fingerprint density at radius 2 is 2.11 bits per heavy atom. The molecule has 0 radical (unpaired) electrons. The van der Waals surface area contributed by atoms with Crippen molar-refractivity contribution in [1.82, 2.24) is 9.97 Å². The predicted octanol–water partition coefficient (Wildman–Crippen LogP) is 3.34. The number of para-hydroxylation sites is 1. The average Bonchev–Trinajstić information content (AvgIpc) is 2.75. The highest BCUT2D eigenvalue weighted by Crippen LogP contribution is 2.24. The molecule has 2 aromatic carbocycles. The molecule has 4 nitrogen and oxygen atoms in total. The maximum absolute atomic E-state index is 13.7. The number of aryl methyl sites for hydroxylation is 1. The quantitative estimate of drug-likeness (QED) is 0.616. The Bertz CT molecular complexity index is 728. The summed E-state index contributed by atoms with van der Waals surface area (Å²) in [5.41, 5.74) is 9.21. The largest absolute Gasteiger partial charge is 0.399 e. The van der Waals surface area contributed by atoms with E-state index in [9.17, 15) is 4.39 Å². The first-order chi connectivity index (χ1) is 9.13. The number of benzene rings is 2. The van der Waals surface area contributed by atoms with Gasteiger partial charge in [0.05, 0.1) is 16.7 Å². The molecule has 0 saturated carbocycles. The fourth-order valence-electron chi connectivity index (χ4n) is 2.00. The van der Waals surface area contributed by atoms with E-state index in [4.69, 9.17) is 5.73 Å². The number of aromatic nitrogens is 2. The van der Waals surface area contributed by atoms with Gasteiger partial charge in [-0.15, -0.1) is 0 Å². The van der Waals surface area contributed by atoms with Crippen LogP contribution in [0.2, 0.25) is 0 Å². The molecule has 4 N–H and O–H groups in total. The van der Waals surface area contributed by atoms with Crippen LogP contribution in [-0.2, 0) is 0 Å². The smallest absolute Gasteiger partial charge is 0.205 e. The second-order valence-corrected chi connectivity index (χ2v) is 4.42. The first-order valence-electron chi connectivity index (χ1n) is 5.91. The number of rotatable bonds is 2. The highest BCUT2D eigenvalue weighted by atomic mass is 19.1. The number of nitrogens with one attached hydrogen (secondary N) is 2. The lowest BCUT2D eigenvalue weighted by Gasteiger charge is -2.07. The van der Waals surface area contributed by atoms with Gasteiger partial charge in [0.2, 0.25) is 5.95 Å². The number of fused-ring (bicyclic) bond motifs is 1. The van der Waals surface area contributed by atoms with Crippen molar-refractivity contribution < 1.29 is 4.39 Å². The molecule has 0 unspecified atom stereocenters. The summed E-state index contributed by atoms with van der Waals surface area (Å²) in [4.78, 5) is 7.41. The summed E-state index contributed by atoms with van der Waals surface area (Å²) >= 11 is 0. The lowest BCUT2D eigenvalue weighted by Crippen LogP contribution is -1.97. The zero-order chi connectivity index (χ0) is 13.4. The maximum atomic E-state index is 13.7. The standard InChI is InChI=1S/C14H13FN4/c1-8-3-2-4-10(15)13(8)19-14-17-11-6-5-9(16)7-12(11)18-14/h2-7H,16H2,1H3,(H2,17,18,19). The SMILES string of the molecule is Cc1cccc(F)c1Nc1nc2ccc(N)cc2[nH]1. The van der Waals surface area contributed by atoms with Crippen molar-refractivity contribution in [3.8, 4) is 0 Å². The fraction of sp³-hybridized carbons (Fsp3) is 0.0714. The van der Waals surface area contributed by atoms with Gasteiger partial charge in [0.15, 0.2) is 0 Å². The van der Waals surface area contributed by atoms with Gasteiger partial charge in [-0.3, -0.25) is 0 Å². The third kappa shape index (κ3) is 2.10. The van der Waals surface area contributed by atoms with E-state index in [2.05, 4.69) is 15.3 Å². The van der Waals surface area contributed by atoms with E-state index in [-0.39, 0.29) is 5.82 Å². The van der Waals surface area contributed by atoms with E-state index < -0.39 is 0 Å². The first-order valence-corrected chi connectivity index (χ1v) is 5.91. The molecular formula is C14H13FN4. The third-order valence-electron chi connectivity index (χ3n) is 2.97. The lowest BCUT2D eigenvalue weighted by molar-refractivity contribution is 0.630. The van der Waals surface area contributed by atoms with Crippen molar-refractivity contribution in [2.75, 3.05) is 11.1 Å². The number of halogens is 1. The van der Waals surface area contributed by atoms with Gasteiger partial charge in [0, 0.05) is 5.69 Å². The molecule has 0 amide bonds. The van der Waals surface area contributed by atoms with Crippen LogP contribution in [0.4, 0.5) is 21.7 Å². The average molecular weight is 256 g/mol. The zero-order valence-electron chi connectivity index (χ0n) is 10.4. The number of H-pyrrole nitrogens is 1. The van der Waals surface area contributed by atoms with Gasteiger partial charge in [-0.2, -0.15) is 0 Å². The molecular weight excluding hydrogens is 243 g/mol. The number of anilines is 3. The van der Waals surface area contributed by atoms with Gasteiger partial charge in [0.1, 0.15) is 5.82 Å². The van der Waals surface area contributed by atoms with Crippen LogP contribution in [0.5, 0.6) is 0 Å². The zero-order valence-corrected chi connectivity index (χ0v) is 10.4. The minimum Gasteiger partial charge on any atom is -0.399 e. The van der Waals surface area contributed by atoms with E-state index in [0.717, 1.165) is 16.6 Å². The van der Waals surface area contributed by atoms with Gasteiger partial charge >= 0.3 is 0 Å². The lowest BCUT2D eigenvalue weighted by atomic mass is 10.2. The highest BCUT2D eigenvalue weighted by Gasteiger charge is 2.08.